The summed E-state index contributed by atoms with van der Waals surface area (Å²) in [5.41, 5.74) is 13.1. The maximum Gasteiger partial charge on any atom is 4.00 e. The summed E-state index contributed by atoms with van der Waals surface area (Å²) in [7, 11) is 0. The number of hydrogen-bond acceptors (Lipinski definition) is 2. The fourth-order valence-electron chi connectivity index (χ4n) is 7.00. The largest absolute Gasteiger partial charge is 4.00 e. The normalized spacial score (nSPS) is 15.3. The molecule has 2 atom stereocenters. The number of furan rings is 2. The van der Waals surface area contributed by atoms with Gasteiger partial charge in [0.1, 0.15) is 11.5 Å². The second kappa shape index (κ2) is 16.8. The number of hydrogen-bond donors (Lipinski definition) is 0. The third-order valence-electron chi connectivity index (χ3n) is 9.91. The van der Waals surface area contributed by atoms with Crippen molar-refractivity contribution >= 4 is 12.2 Å². The van der Waals surface area contributed by atoms with Crippen molar-refractivity contribution in [2.45, 2.75) is 78.1 Å². The topological polar surface area (TPSA) is 26.3 Å². The first-order valence-electron chi connectivity index (χ1n) is 17.7. The van der Waals surface area contributed by atoms with Crippen LogP contribution in [0, 0.1) is 26.0 Å². The summed E-state index contributed by atoms with van der Waals surface area (Å²) in [5, 5.41) is 0. The van der Waals surface area contributed by atoms with Gasteiger partial charge >= 0.3 is 25.8 Å². The summed E-state index contributed by atoms with van der Waals surface area (Å²) in [6, 6.07) is 39.1. The van der Waals surface area contributed by atoms with Crippen molar-refractivity contribution in [3.63, 3.8) is 0 Å². The van der Waals surface area contributed by atoms with Gasteiger partial charge in [0.2, 0.25) is 0 Å². The van der Waals surface area contributed by atoms with Gasteiger partial charge in [-0.15, -0.1) is 11.1 Å². The minimum absolute atomic E-state index is 0. The second-order valence-electron chi connectivity index (χ2n) is 15.7. The summed E-state index contributed by atoms with van der Waals surface area (Å²) in [5.74, 6) is 4.01. The Morgan fingerprint density at radius 3 is 1.13 bits per heavy atom. The van der Waals surface area contributed by atoms with Crippen molar-refractivity contribution in [3.8, 4) is 22.3 Å². The standard InChI is InChI=1S/2C24H23O.2ClH.Hf/c2*1-16-8-15-23(25-16)22-14-13-21-19(6-5-7-20(21)22)17-9-11-18(12-10-17)24(2,3)4;;;/h2*5-13,15,22H,1-4H3;2*1H;/q2*-1;;;+4/p-2. The van der Waals surface area contributed by atoms with Crippen LogP contribution in [0.1, 0.15) is 110 Å². The summed E-state index contributed by atoms with van der Waals surface area (Å²) in [4.78, 5) is 0. The zero-order valence-corrected chi connectivity index (χ0v) is 36.9. The molecule has 53 heavy (non-hydrogen) atoms. The first-order valence-corrected chi connectivity index (χ1v) is 17.7. The van der Waals surface area contributed by atoms with Crippen LogP contribution in [-0.4, -0.2) is 0 Å². The van der Waals surface area contributed by atoms with Crippen LogP contribution in [0.4, 0.5) is 0 Å². The summed E-state index contributed by atoms with van der Waals surface area (Å²) in [6.45, 7) is 17.4. The third kappa shape index (κ3) is 8.86. The molecule has 5 heteroatoms. The van der Waals surface area contributed by atoms with E-state index in [4.69, 9.17) is 8.83 Å². The molecule has 0 amide bonds. The molecule has 0 fully saturated rings. The van der Waals surface area contributed by atoms with Crippen molar-refractivity contribution in [3.05, 3.63) is 178 Å². The molecule has 4 aromatic carbocycles. The van der Waals surface area contributed by atoms with E-state index in [9.17, 15) is 0 Å². The van der Waals surface area contributed by atoms with Crippen molar-refractivity contribution in [1.29, 1.82) is 0 Å². The predicted octanol–water partition coefficient (Wildman–Crippen LogP) is 7.03. The van der Waals surface area contributed by atoms with Crippen LogP contribution in [0.5, 0.6) is 0 Å². The minimum atomic E-state index is 0. The van der Waals surface area contributed by atoms with Crippen molar-refractivity contribution in [2.24, 2.45) is 0 Å². The summed E-state index contributed by atoms with van der Waals surface area (Å²) < 4.78 is 11.7. The van der Waals surface area contributed by atoms with E-state index in [2.05, 4.69) is 163 Å². The molecule has 6 aromatic rings. The third-order valence-corrected chi connectivity index (χ3v) is 9.91. The number of halogens is 2. The molecule has 0 bridgehead atoms. The Bertz CT molecular complexity index is 2040. The smallest absolute Gasteiger partial charge is 1.00 e. The molecule has 0 N–H and O–H groups in total. The molecule has 0 saturated heterocycles. The Morgan fingerprint density at radius 2 is 0.830 bits per heavy atom. The molecule has 0 spiro atoms. The van der Waals surface area contributed by atoms with Gasteiger partial charge in [0.25, 0.3) is 0 Å². The Kier molecular flexibility index (Phi) is 13.4. The molecular weight excluding hydrogens is 858 g/mol. The van der Waals surface area contributed by atoms with Crippen LogP contribution in [0.2, 0.25) is 0 Å². The fourth-order valence-corrected chi connectivity index (χ4v) is 7.00. The first kappa shape index (κ1) is 42.1. The van der Waals surface area contributed by atoms with E-state index in [1.165, 1.54) is 55.6 Å². The fraction of sp³-hybridized carbons (Fsp3) is 0.250. The monoisotopic (exact) mass is 904 g/mol. The Hall–Kier alpha value is -3.63. The molecule has 2 heterocycles. The predicted molar refractivity (Wildman–Crippen MR) is 207 cm³/mol. The quantitative estimate of drug-likeness (QED) is 0.141. The number of fused-ring (bicyclic) bond motifs is 2. The molecule has 8 rings (SSSR count). The maximum atomic E-state index is 5.84. The van der Waals surface area contributed by atoms with E-state index in [1.54, 1.807) is 0 Å². The van der Waals surface area contributed by atoms with Gasteiger partial charge in [-0.2, -0.15) is 11.1 Å². The van der Waals surface area contributed by atoms with Gasteiger partial charge in [-0.05, 0) is 83.0 Å². The summed E-state index contributed by atoms with van der Waals surface area (Å²) in [6.07, 6.45) is 11.2. The Balaban J connectivity index is 0.000000224. The molecular formula is C48H46Cl2HfO2. The van der Waals surface area contributed by atoms with Crippen molar-refractivity contribution in [1.82, 2.24) is 0 Å². The number of rotatable bonds is 4. The average Bonchev–Trinajstić information content (AvgIpc) is 3.90. The molecule has 0 saturated carbocycles. The Labute approximate surface area is 347 Å². The average molecular weight is 904 g/mol. The molecule has 2 aliphatic carbocycles. The molecule has 2 nitrogen and oxygen atoms in total. The van der Waals surface area contributed by atoms with Gasteiger partial charge < -0.3 is 33.6 Å². The van der Waals surface area contributed by atoms with Gasteiger partial charge in [0.15, 0.2) is 0 Å². The molecule has 0 radical (unpaired) electrons. The van der Waals surface area contributed by atoms with E-state index in [0.717, 1.165) is 23.0 Å². The second-order valence-corrected chi connectivity index (χ2v) is 15.7. The van der Waals surface area contributed by atoms with Gasteiger partial charge in [-0.3, -0.25) is 12.2 Å². The van der Waals surface area contributed by atoms with E-state index in [-0.39, 0.29) is 73.3 Å². The zero-order valence-electron chi connectivity index (χ0n) is 31.8. The van der Waals surface area contributed by atoms with Gasteiger partial charge in [-0.25, -0.2) is 12.2 Å². The van der Waals surface area contributed by atoms with Crippen LogP contribution in [-0.2, 0) is 36.7 Å². The molecule has 0 aliphatic heterocycles. The SMILES string of the molecule is Cc1ccc(C2[C-]=Cc3c(-c4ccc(C(C)(C)C)cc4)cccc32)o1.Cc1ccc(C2[C-]=Cc3c(-c4ccc(C(C)(C)C)cc4)cccc32)o1.[Cl-].[Cl-].[Hf+4]. The maximum absolute atomic E-state index is 5.84. The van der Waals surface area contributed by atoms with E-state index < -0.39 is 0 Å². The van der Waals surface area contributed by atoms with E-state index in [1.807, 2.05) is 26.0 Å². The van der Waals surface area contributed by atoms with Crippen molar-refractivity contribution < 1.29 is 59.5 Å². The number of aryl methyl sites for hydroxylation is 2. The van der Waals surface area contributed by atoms with E-state index >= 15 is 0 Å². The first-order chi connectivity index (χ1) is 23.9. The van der Waals surface area contributed by atoms with Crippen LogP contribution >= 0.6 is 0 Å². The zero-order chi connectivity index (χ0) is 35.2. The molecule has 268 valence electrons. The van der Waals surface area contributed by atoms with Crippen LogP contribution in [0.3, 0.4) is 0 Å². The van der Waals surface area contributed by atoms with Gasteiger partial charge in [0.05, 0.1) is 11.5 Å². The van der Waals surface area contributed by atoms with Gasteiger partial charge in [0, 0.05) is 0 Å². The molecule has 2 aromatic heterocycles. The number of allylic oxidation sites excluding steroid dienone is 2. The van der Waals surface area contributed by atoms with Crippen LogP contribution in [0.25, 0.3) is 34.4 Å². The molecule has 2 aliphatic rings. The number of benzene rings is 4. The minimum Gasteiger partial charge on any atom is -1.00 e. The molecule has 2 unspecified atom stereocenters. The van der Waals surface area contributed by atoms with E-state index in [0.29, 0.717) is 0 Å². The van der Waals surface area contributed by atoms with Crippen molar-refractivity contribution in [2.75, 3.05) is 0 Å². The Morgan fingerprint density at radius 1 is 0.472 bits per heavy atom. The van der Waals surface area contributed by atoms with Crippen LogP contribution in [0.15, 0.2) is 118 Å². The van der Waals surface area contributed by atoms with Gasteiger partial charge in [-0.1, -0.05) is 138 Å². The van der Waals surface area contributed by atoms with Crippen LogP contribution < -0.4 is 24.8 Å². The summed E-state index contributed by atoms with van der Waals surface area (Å²) >= 11 is 0.